The van der Waals surface area contributed by atoms with Gasteiger partial charge in [-0.3, -0.25) is 14.7 Å². The molecule has 8 nitrogen and oxygen atoms in total. The first-order valence-electron chi connectivity index (χ1n) is 14.6. The Morgan fingerprint density at radius 1 is 1.12 bits per heavy atom. The van der Waals surface area contributed by atoms with Crippen molar-refractivity contribution in [2.24, 2.45) is 11.8 Å². The van der Waals surface area contributed by atoms with Crippen LogP contribution in [0.5, 0.6) is 11.6 Å². The highest BCUT2D eigenvalue weighted by Gasteiger charge is 2.39. The second-order valence-electron chi connectivity index (χ2n) is 11.5. The van der Waals surface area contributed by atoms with Gasteiger partial charge in [0.1, 0.15) is 11.9 Å². The molecule has 2 fully saturated rings. The number of aromatic nitrogens is 3. The van der Waals surface area contributed by atoms with Gasteiger partial charge in [0.15, 0.2) is 5.82 Å². The van der Waals surface area contributed by atoms with Gasteiger partial charge in [0.2, 0.25) is 5.88 Å². The average molecular weight is 561 g/mol. The number of esters is 1. The first-order valence-corrected chi connectivity index (χ1v) is 14.6. The van der Waals surface area contributed by atoms with Gasteiger partial charge in [-0.05, 0) is 80.6 Å². The summed E-state index contributed by atoms with van der Waals surface area (Å²) in [6.07, 6.45) is 8.75. The minimum absolute atomic E-state index is 0.107. The fourth-order valence-corrected chi connectivity index (χ4v) is 6.36. The minimum Gasteiger partial charge on any atom is -0.484 e. The zero-order chi connectivity index (χ0) is 28.5. The lowest BCUT2D eigenvalue weighted by Gasteiger charge is -2.29. The molecule has 1 aromatic carbocycles. The Balaban J connectivity index is 1.31. The number of fused-ring (bicyclic) bond motifs is 1. The van der Waals surface area contributed by atoms with Crippen LogP contribution in [0.3, 0.4) is 0 Å². The van der Waals surface area contributed by atoms with Gasteiger partial charge < -0.3 is 14.2 Å². The van der Waals surface area contributed by atoms with Crippen molar-refractivity contribution in [2.45, 2.75) is 64.0 Å². The van der Waals surface area contributed by atoms with Gasteiger partial charge in [-0.1, -0.05) is 19.1 Å². The first-order chi connectivity index (χ1) is 19.9. The standard InChI is InChI=1S/C32H37FN4O4/c1-19(32(38)40-3)30(21-7-8-21)22-9-6-20-10-11-27(41-28(20)14-22)25-17-35-31(23-15-29(39-2)34-16-24(23)33)26(36-25)18-37-12-4-5-13-37/h6,9,14-17,19,21,27,30H,4-5,7-8,10-13,18H2,1-3H3/t19-,27?,30-/m0/s1. The van der Waals surface area contributed by atoms with Gasteiger partial charge in [0, 0.05) is 18.2 Å². The Morgan fingerprint density at radius 2 is 1.93 bits per heavy atom. The third-order valence-electron chi connectivity index (χ3n) is 8.72. The lowest BCUT2D eigenvalue weighted by Crippen LogP contribution is -2.23. The number of ether oxygens (including phenoxy) is 3. The number of carbonyl (C=O) groups excluding carboxylic acids is 1. The summed E-state index contributed by atoms with van der Waals surface area (Å²) < 4.78 is 31.8. The number of hydrogen-bond acceptors (Lipinski definition) is 8. The van der Waals surface area contributed by atoms with Crippen LogP contribution in [0.4, 0.5) is 4.39 Å². The highest BCUT2D eigenvalue weighted by atomic mass is 19.1. The molecule has 6 rings (SSSR count). The van der Waals surface area contributed by atoms with Crippen LogP contribution in [-0.4, -0.2) is 53.1 Å². The Hall–Kier alpha value is -3.59. The Bertz CT molecular complexity index is 1420. The number of rotatable bonds is 9. The molecule has 1 aliphatic carbocycles. The summed E-state index contributed by atoms with van der Waals surface area (Å²) >= 11 is 0. The fraction of sp³-hybridized carbons (Fsp3) is 0.500. The van der Waals surface area contributed by atoms with Crippen molar-refractivity contribution >= 4 is 5.97 Å². The predicted octanol–water partition coefficient (Wildman–Crippen LogP) is 5.65. The van der Waals surface area contributed by atoms with Crippen LogP contribution < -0.4 is 9.47 Å². The molecule has 1 saturated carbocycles. The van der Waals surface area contributed by atoms with Crippen LogP contribution in [0.1, 0.15) is 73.6 Å². The van der Waals surface area contributed by atoms with E-state index in [1.807, 2.05) is 6.92 Å². The Kier molecular flexibility index (Phi) is 7.88. The van der Waals surface area contributed by atoms with Crippen molar-refractivity contribution in [3.05, 3.63) is 65.0 Å². The zero-order valence-electron chi connectivity index (χ0n) is 23.9. The molecule has 41 heavy (non-hydrogen) atoms. The number of hydrogen-bond donors (Lipinski definition) is 0. The summed E-state index contributed by atoms with van der Waals surface area (Å²) in [7, 11) is 2.96. The highest BCUT2D eigenvalue weighted by molar-refractivity contribution is 5.73. The number of halogens is 1. The van der Waals surface area contributed by atoms with Crippen molar-refractivity contribution in [3.63, 3.8) is 0 Å². The number of aryl methyl sites for hydroxylation is 1. The summed E-state index contributed by atoms with van der Waals surface area (Å²) in [5.41, 5.74) is 4.56. The molecule has 1 saturated heterocycles. The second-order valence-corrected chi connectivity index (χ2v) is 11.5. The lowest BCUT2D eigenvalue weighted by molar-refractivity contribution is -0.145. The van der Waals surface area contributed by atoms with Crippen molar-refractivity contribution in [2.75, 3.05) is 27.3 Å². The van der Waals surface area contributed by atoms with Crippen LogP contribution in [0, 0.1) is 17.7 Å². The molecular weight excluding hydrogens is 523 g/mol. The Labute approximate surface area is 240 Å². The molecule has 4 heterocycles. The van der Waals surface area contributed by atoms with E-state index in [1.54, 1.807) is 12.3 Å². The van der Waals surface area contributed by atoms with E-state index in [4.69, 9.17) is 24.2 Å². The number of nitrogens with zero attached hydrogens (tertiary/aromatic N) is 4. The molecule has 9 heteroatoms. The molecule has 0 bridgehead atoms. The number of likely N-dealkylation sites (tertiary alicyclic amines) is 1. The van der Waals surface area contributed by atoms with Crippen molar-refractivity contribution in [3.8, 4) is 22.9 Å². The number of benzene rings is 1. The van der Waals surface area contributed by atoms with E-state index in [-0.39, 0.29) is 23.9 Å². The molecule has 1 unspecified atom stereocenters. The van der Waals surface area contributed by atoms with Crippen molar-refractivity contribution in [1.29, 1.82) is 0 Å². The largest absolute Gasteiger partial charge is 0.484 e. The molecule has 0 radical (unpaired) electrons. The second kappa shape index (κ2) is 11.7. The van der Waals surface area contributed by atoms with E-state index < -0.39 is 5.82 Å². The third kappa shape index (κ3) is 5.77. The molecule has 216 valence electrons. The average Bonchev–Trinajstić information content (AvgIpc) is 3.70. The lowest BCUT2D eigenvalue weighted by atomic mass is 9.82. The molecule has 0 N–H and O–H groups in total. The summed E-state index contributed by atoms with van der Waals surface area (Å²) in [6, 6.07) is 7.96. The first kappa shape index (κ1) is 27.6. The normalized spacial score (nSPS) is 20.1. The number of methoxy groups -OCH3 is 2. The monoisotopic (exact) mass is 560 g/mol. The summed E-state index contributed by atoms with van der Waals surface area (Å²) in [5, 5.41) is 0. The predicted molar refractivity (Wildman–Crippen MR) is 151 cm³/mol. The smallest absolute Gasteiger partial charge is 0.309 e. The molecule has 2 aromatic heterocycles. The third-order valence-corrected chi connectivity index (χ3v) is 8.72. The van der Waals surface area contributed by atoms with E-state index in [0.717, 1.165) is 86.1 Å². The maximum Gasteiger partial charge on any atom is 0.309 e. The topological polar surface area (TPSA) is 86.7 Å². The van der Waals surface area contributed by atoms with Gasteiger partial charge in [-0.2, -0.15) is 0 Å². The molecule has 3 aliphatic rings. The van der Waals surface area contributed by atoms with Gasteiger partial charge in [-0.25, -0.2) is 14.4 Å². The molecule has 2 aliphatic heterocycles. The quantitative estimate of drug-likeness (QED) is 0.310. The fourth-order valence-electron chi connectivity index (χ4n) is 6.36. The minimum atomic E-state index is -0.461. The van der Waals surface area contributed by atoms with Crippen LogP contribution in [0.15, 0.2) is 36.7 Å². The van der Waals surface area contributed by atoms with Gasteiger partial charge in [0.05, 0.1) is 49.6 Å². The molecule has 0 amide bonds. The molecular formula is C32H37FN4O4. The van der Waals surface area contributed by atoms with Crippen molar-refractivity contribution < 1.29 is 23.4 Å². The van der Waals surface area contributed by atoms with E-state index in [1.165, 1.54) is 14.2 Å². The SMILES string of the molecule is COC(=O)[C@@H](C)[C@H](c1ccc2c(c1)OC(c1cnc(-c3cc(OC)ncc3F)c(CN3CCCC3)n1)CC2)C1CC1. The zero-order valence-corrected chi connectivity index (χ0v) is 23.9. The van der Waals surface area contributed by atoms with Crippen LogP contribution in [-0.2, 0) is 22.5 Å². The number of carbonyl (C=O) groups is 1. The van der Waals surface area contributed by atoms with Crippen LogP contribution >= 0.6 is 0 Å². The van der Waals surface area contributed by atoms with E-state index in [2.05, 4.69) is 28.1 Å². The maximum absolute atomic E-state index is 14.9. The van der Waals surface area contributed by atoms with Crippen LogP contribution in [0.25, 0.3) is 11.3 Å². The van der Waals surface area contributed by atoms with E-state index in [0.29, 0.717) is 29.6 Å². The van der Waals surface area contributed by atoms with Gasteiger partial charge >= 0.3 is 5.97 Å². The Morgan fingerprint density at radius 3 is 2.66 bits per heavy atom. The summed E-state index contributed by atoms with van der Waals surface area (Å²) in [5.74, 6) is 0.894. The highest BCUT2D eigenvalue weighted by Crippen LogP contribution is 2.48. The molecule has 3 aromatic rings. The molecule has 0 spiro atoms. The van der Waals surface area contributed by atoms with Gasteiger partial charge in [-0.15, -0.1) is 0 Å². The van der Waals surface area contributed by atoms with Crippen LogP contribution in [0.2, 0.25) is 0 Å². The number of pyridine rings is 1. The van der Waals surface area contributed by atoms with Crippen molar-refractivity contribution in [1.82, 2.24) is 19.9 Å². The summed E-state index contributed by atoms with van der Waals surface area (Å²) in [4.78, 5) is 28.5. The summed E-state index contributed by atoms with van der Waals surface area (Å²) in [6.45, 7) is 4.51. The van der Waals surface area contributed by atoms with Gasteiger partial charge in [0.25, 0.3) is 0 Å². The van der Waals surface area contributed by atoms with E-state index in [9.17, 15) is 9.18 Å². The maximum atomic E-state index is 14.9. The molecule has 3 atom stereocenters. The van der Waals surface area contributed by atoms with E-state index >= 15 is 0 Å².